The monoisotopic (exact) mass is 295 g/mol. The molecule has 2 fully saturated rings. The third-order valence-electron chi connectivity index (χ3n) is 5.15. The second kappa shape index (κ2) is 9.32. The van der Waals surface area contributed by atoms with E-state index in [1.165, 1.54) is 57.8 Å². The van der Waals surface area contributed by atoms with Gasteiger partial charge in [0.25, 0.3) is 0 Å². The molecule has 2 atom stereocenters. The fraction of sp³-hybridized carbons (Fsp3) is 0.944. The first-order chi connectivity index (χ1) is 10.2. The molecule has 0 saturated heterocycles. The molecule has 0 heterocycles. The van der Waals surface area contributed by atoms with Crippen molar-refractivity contribution in [2.45, 2.75) is 103 Å². The van der Waals surface area contributed by atoms with Crippen LogP contribution in [-0.4, -0.2) is 18.2 Å². The summed E-state index contributed by atoms with van der Waals surface area (Å²) < 4.78 is 5.68. The standard InChI is InChI=1S/C18H33NO2/c1-15-9-4-2-3-5-13-17(14-7-6-10-15)21-18(20)19-16-11-8-12-16/h15-17H,2-14H2,1H3,(H,19,20). The average molecular weight is 295 g/mol. The zero-order valence-electron chi connectivity index (χ0n) is 13.7. The van der Waals surface area contributed by atoms with Crippen molar-refractivity contribution in [3.8, 4) is 0 Å². The van der Waals surface area contributed by atoms with Gasteiger partial charge in [0.05, 0.1) is 0 Å². The van der Waals surface area contributed by atoms with Crippen molar-refractivity contribution in [3.05, 3.63) is 0 Å². The summed E-state index contributed by atoms with van der Waals surface area (Å²) in [5.74, 6) is 0.866. The van der Waals surface area contributed by atoms with Crippen LogP contribution >= 0.6 is 0 Å². The lowest BCUT2D eigenvalue weighted by atomic mass is 9.93. The molecule has 0 bridgehead atoms. The number of alkyl carbamates (subject to hydrolysis) is 1. The fourth-order valence-corrected chi connectivity index (χ4v) is 3.39. The zero-order valence-corrected chi connectivity index (χ0v) is 13.7. The Bertz CT molecular complexity index is 302. The molecule has 0 aromatic carbocycles. The van der Waals surface area contributed by atoms with E-state index in [9.17, 15) is 4.79 Å². The predicted molar refractivity (Wildman–Crippen MR) is 86.4 cm³/mol. The summed E-state index contributed by atoms with van der Waals surface area (Å²) in [7, 11) is 0. The molecule has 2 aliphatic rings. The van der Waals surface area contributed by atoms with Crippen LogP contribution in [0.2, 0.25) is 0 Å². The Morgan fingerprint density at radius 1 is 0.810 bits per heavy atom. The molecule has 3 heteroatoms. The van der Waals surface area contributed by atoms with Gasteiger partial charge >= 0.3 is 6.09 Å². The number of carbonyl (C=O) groups is 1. The maximum absolute atomic E-state index is 11.9. The van der Waals surface area contributed by atoms with Gasteiger partial charge < -0.3 is 10.1 Å². The van der Waals surface area contributed by atoms with Crippen molar-refractivity contribution >= 4 is 6.09 Å². The molecular formula is C18H33NO2. The number of amides is 1. The number of rotatable bonds is 2. The van der Waals surface area contributed by atoms with Crippen LogP contribution in [0.3, 0.4) is 0 Å². The van der Waals surface area contributed by atoms with E-state index in [0.29, 0.717) is 6.04 Å². The van der Waals surface area contributed by atoms with Gasteiger partial charge in [-0.1, -0.05) is 45.4 Å². The van der Waals surface area contributed by atoms with Gasteiger partial charge in [-0.15, -0.1) is 0 Å². The summed E-state index contributed by atoms with van der Waals surface area (Å²) in [6, 6.07) is 0.379. The normalized spacial score (nSPS) is 29.6. The first kappa shape index (κ1) is 16.6. The fourth-order valence-electron chi connectivity index (χ4n) is 3.39. The van der Waals surface area contributed by atoms with Crippen LogP contribution < -0.4 is 5.32 Å². The highest BCUT2D eigenvalue weighted by Gasteiger charge is 2.22. The molecule has 2 aliphatic carbocycles. The van der Waals surface area contributed by atoms with Gasteiger partial charge in [-0.05, 0) is 50.9 Å². The molecule has 0 aromatic heterocycles. The first-order valence-corrected chi connectivity index (χ1v) is 9.21. The predicted octanol–water partition coefficient (Wildman–Crippen LogP) is 5.18. The maximum atomic E-state index is 11.9. The SMILES string of the molecule is CC1CCCCCCC(OC(=O)NC2CCC2)CCCC1. The number of nitrogens with one attached hydrogen (secondary N) is 1. The van der Waals surface area contributed by atoms with Crippen molar-refractivity contribution in [1.82, 2.24) is 5.32 Å². The Hall–Kier alpha value is -0.730. The number of carbonyl (C=O) groups excluding carboxylic acids is 1. The van der Waals surface area contributed by atoms with Gasteiger partial charge in [-0.2, -0.15) is 0 Å². The second-order valence-electron chi connectivity index (χ2n) is 7.18. The summed E-state index contributed by atoms with van der Waals surface area (Å²) in [6.45, 7) is 2.38. The largest absolute Gasteiger partial charge is 0.446 e. The lowest BCUT2D eigenvalue weighted by Gasteiger charge is -2.27. The van der Waals surface area contributed by atoms with Crippen molar-refractivity contribution in [2.24, 2.45) is 5.92 Å². The Balaban J connectivity index is 1.71. The van der Waals surface area contributed by atoms with Crippen molar-refractivity contribution in [1.29, 1.82) is 0 Å². The summed E-state index contributed by atoms with van der Waals surface area (Å²) in [6.07, 6.45) is 16.0. The third kappa shape index (κ3) is 6.71. The summed E-state index contributed by atoms with van der Waals surface area (Å²) in [4.78, 5) is 11.9. The maximum Gasteiger partial charge on any atom is 0.407 e. The minimum Gasteiger partial charge on any atom is -0.446 e. The van der Waals surface area contributed by atoms with E-state index < -0.39 is 0 Å². The molecule has 1 N–H and O–H groups in total. The van der Waals surface area contributed by atoms with E-state index in [1.807, 2.05) is 0 Å². The van der Waals surface area contributed by atoms with Crippen LogP contribution in [0.4, 0.5) is 4.79 Å². The Morgan fingerprint density at radius 2 is 1.38 bits per heavy atom. The smallest absolute Gasteiger partial charge is 0.407 e. The van der Waals surface area contributed by atoms with Crippen molar-refractivity contribution in [2.75, 3.05) is 0 Å². The van der Waals surface area contributed by atoms with Crippen LogP contribution in [0.25, 0.3) is 0 Å². The first-order valence-electron chi connectivity index (χ1n) is 9.21. The molecule has 0 radical (unpaired) electrons. The molecule has 2 saturated carbocycles. The van der Waals surface area contributed by atoms with Gasteiger partial charge in [0, 0.05) is 6.04 Å². The third-order valence-corrected chi connectivity index (χ3v) is 5.15. The molecular weight excluding hydrogens is 262 g/mol. The topological polar surface area (TPSA) is 38.3 Å². The van der Waals surface area contributed by atoms with Crippen LogP contribution in [0.1, 0.15) is 90.4 Å². The molecule has 2 rings (SSSR count). The van der Waals surface area contributed by atoms with Crippen molar-refractivity contribution < 1.29 is 9.53 Å². The highest BCUT2D eigenvalue weighted by atomic mass is 16.6. The molecule has 1 amide bonds. The van der Waals surface area contributed by atoms with Crippen LogP contribution in [-0.2, 0) is 4.74 Å². The second-order valence-corrected chi connectivity index (χ2v) is 7.18. The van der Waals surface area contributed by atoms with Gasteiger partial charge in [-0.3, -0.25) is 0 Å². The molecule has 0 aliphatic heterocycles. The Labute approximate surface area is 130 Å². The molecule has 21 heavy (non-hydrogen) atoms. The van der Waals surface area contributed by atoms with E-state index in [-0.39, 0.29) is 12.2 Å². The van der Waals surface area contributed by atoms with Crippen LogP contribution in [0, 0.1) is 5.92 Å². The minimum absolute atomic E-state index is 0.139. The van der Waals surface area contributed by atoms with Crippen LogP contribution in [0.15, 0.2) is 0 Å². The highest BCUT2D eigenvalue weighted by molar-refractivity contribution is 5.67. The van der Waals surface area contributed by atoms with Gasteiger partial charge in [0.15, 0.2) is 0 Å². The molecule has 2 unspecified atom stereocenters. The zero-order chi connectivity index (χ0) is 14.9. The number of hydrogen-bond acceptors (Lipinski definition) is 2. The van der Waals surface area contributed by atoms with E-state index in [2.05, 4.69) is 12.2 Å². The van der Waals surface area contributed by atoms with Crippen LogP contribution in [0.5, 0.6) is 0 Å². The van der Waals surface area contributed by atoms with E-state index in [1.54, 1.807) is 0 Å². The molecule has 0 spiro atoms. The molecule has 3 nitrogen and oxygen atoms in total. The van der Waals surface area contributed by atoms with Crippen molar-refractivity contribution in [3.63, 3.8) is 0 Å². The van der Waals surface area contributed by atoms with Gasteiger partial charge in [0.1, 0.15) is 6.10 Å². The summed E-state index contributed by atoms with van der Waals surface area (Å²) in [5.41, 5.74) is 0. The summed E-state index contributed by atoms with van der Waals surface area (Å²) in [5, 5.41) is 3.00. The lowest BCUT2D eigenvalue weighted by Crippen LogP contribution is -2.41. The molecule has 122 valence electrons. The van der Waals surface area contributed by atoms with E-state index >= 15 is 0 Å². The van der Waals surface area contributed by atoms with Gasteiger partial charge in [-0.25, -0.2) is 4.79 Å². The highest BCUT2D eigenvalue weighted by Crippen LogP contribution is 2.22. The van der Waals surface area contributed by atoms with Gasteiger partial charge in [0.2, 0.25) is 0 Å². The summed E-state index contributed by atoms with van der Waals surface area (Å²) >= 11 is 0. The molecule has 0 aromatic rings. The minimum atomic E-state index is -0.176. The average Bonchev–Trinajstić information content (AvgIpc) is 2.40. The van der Waals surface area contributed by atoms with E-state index in [0.717, 1.165) is 31.6 Å². The number of hydrogen-bond donors (Lipinski definition) is 1. The lowest BCUT2D eigenvalue weighted by molar-refractivity contribution is 0.0778. The Kier molecular flexibility index (Phi) is 7.38. The number of ether oxygens (including phenoxy) is 1. The van der Waals surface area contributed by atoms with E-state index in [4.69, 9.17) is 4.74 Å². The Morgan fingerprint density at radius 3 is 2.00 bits per heavy atom. The quantitative estimate of drug-likeness (QED) is 0.762.